The topological polar surface area (TPSA) is 60.0 Å². The fraction of sp³-hybridized carbons (Fsp3) is 0.263. The number of aromatic nitrogens is 3. The molecule has 3 aromatic rings. The van der Waals surface area contributed by atoms with E-state index in [1.54, 1.807) is 18.2 Å². The summed E-state index contributed by atoms with van der Waals surface area (Å²) in [5.41, 5.74) is 0.507. The Labute approximate surface area is 154 Å². The number of alkyl halides is 3. The number of hydrogen-bond acceptors (Lipinski definition) is 4. The average Bonchev–Trinajstić information content (AvgIpc) is 3.13. The first-order valence-corrected chi connectivity index (χ1v) is 8.42. The molecule has 2 aromatic carbocycles. The molecule has 0 bridgehead atoms. The van der Waals surface area contributed by atoms with E-state index in [1.807, 2.05) is 13.8 Å². The van der Waals surface area contributed by atoms with E-state index in [0.717, 1.165) is 12.1 Å². The fourth-order valence-electron chi connectivity index (χ4n) is 2.53. The molecule has 5 nitrogen and oxygen atoms in total. The van der Waals surface area contributed by atoms with Crippen molar-refractivity contribution in [3.8, 4) is 34.3 Å². The van der Waals surface area contributed by atoms with Crippen LogP contribution in [0, 0.1) is 0 Å². The zero-order valence-electron chi connectivity index (χ0n) is 14.8. The van der Waals surface area contributed by atoms with E-state index in [-0.39, 0.29) is 0 Å². The number of aromatic amines is 1. The molecule has 0 unspecified atom stereocenters. The smallest absolute Gasteiger partial charge is 0.416 e. The maximum absolute atomic E-state index is 12.7. The van der Waals surface area contributed by atoms with Gasteiger partial charge in [0.15, 0.2) is 23.1 Å². The highest BCUT2D eigenvalue weighted by Crippen LogP contribution is 2.33. The number of benzene rings is 2. The van der Waals surface area contributed by atoms with Gasteiger partial charge < -0.3 is 9.47 Å². The summed E-state index contributed by atoms with van der Waals surface area (Å²) in [7, 11) is 0. The Morgan fingerprint density at radius 1 is 0.889 bits per heavy atom. The van der Waals surface area contributed by atoms with Gasteiger partial charge in [-0.3, -0.25) is 5.10 Å². The van der Waals surface area contributed by atoms with Gasteiger partial charge in [-0.15, -0.1) is 0 Å². The number of ether oxygens (including phenoxy) is 2. The molecule has 3 rings (SSSR count). The third kappa shape index (κ3) is 4.21. The maximum Gasteiger partial charge on any atom is 0.416 e. The Bertz CT molecular complexity index is 905. The van der Waals surface area contributed by atoms with Crippen molar-refractivity contribution in [2.75, 3.05) is 13.2 Å². The molecule has 27 heavy (non-hydrogen) atoms. The van der Waals surface area contributed by atoms with Crippen LogP contribution in [0.4, 0.5) is 13.2 Å². The van der Waals surface area contributed by atoms with E-state index < -0.39 is 11.7 Å². The first-order chi connectivity index (χ1) is 12.9. The summed E-state index contributed by atoms with van der Waals surface area (Å²) in [6, 6.07) is 10.1. The first-order valence-electron chi connectivity index (χ1n) is 8.42. The van der Waals surface area contributed by atoms with Crippen molar-refractivity contribution in [2.24, 2.45) is 0 Å². The van der Waals surface area contributed by atoms with Crippen molar-refractivity contribution in [1.82, 2.24) is 15.2 Å². The molecule has 0 fully saturated rings. The van der Waals surface area contributed by atoms with Gasteiger partial charge in [-0.05, 0) is 44.2 Å². The molecule has 1 N–H and O–H groups in total. The molecule has 0 atom stereocenters. The van der Waals surface area contributed by atoms with Crippen molar-refractivity contribution in [3.05, 3.63) is 48.0 Å². The third-order valence-electron chi connectivity index (χ3n) is 3.77. The molecule has 0 radical (unpaired) electrons. The third-order valence-corrected chi connectivity index (χ3v) is 3.77. The Morgan fingerprint density at radius 2 is 1.52 bits per heavy atom. The molecule has 0 saturated carbocycles. The van der Waals surface area contributed by atoms with Crippen LogP contribution in [0.25, 0.3) is 22.8 Å². The summed E-state index contributed by atoms with van der Waals surface area (Å²) in [4.78, 5) is 4.38. The van der Waals surface area contributed by atoms with Gasteiger partial charge in [0.25, 0.3) is 0 Å². The van der Waals surface area contributed by atoms with Crippen LogP contribution >= 0.6 is 0 Å². The minimum absolute atomic E-state index is 0.380. The highest BCUT2D eigenvalue weighted by atomic mass is 19.4. The van der Waals surface area contributed by atoms with Crippen LogP contribution in [-0.4, -0.2) is 28.4 Å². The lowest BCUT2D eigenvalue weighted by molar-refractivity contribution is -0.137. The molecule has 0 aliphatic carbocycles. The minimum Gasteiger partial charge on any atom is -0.490 e. The van der Waals surface area contributed by atoms with Crippen LogP contribution < -0.4 is 9.47 Å². The van der Waals surface area contributed by atoms with Gasteiger partial charge >= 0.3 is 6.18 Å². The van der Waals surface area contributed by atoms with Gasteiger partial charge in [0.05, 0.1) is 18.8 Å². The average molecular weight is 377 g/mol. The van der Waals surface area contributed by atoms with Crippen molar-refractivity contribution in [2.45, 2.75) is 20.0 Å². The first kappa shape index (κ1) is 18.8. The maximum atomic E-state index is 12.7. The van der Waals surface area contributed by atoms with Gasteiger partial charge in [0.2, 0.25) is 0 Å². The standard InChI is InChI=1S/C19H18F3N3O2/c1-3-26-15-10-7-13(11-16(15)27-4-2)18-23-17(24-25-18)12-5-8-14(9-6-12)19(20,21)22/h5-11H,3-4H2,1-2H3,(H,23,24,25). The number of H-pyrrole nitrogens is 1. The molecule has 0 aliphatic rings. The normalized spacial score (nSPS) is 11.4. The number of halogens is 3. The zero-order chi connectivity index (χ0) is 19.4. The zero-order valence-corrected chi connectivity index (χ0v) is 14.8. The number of hydrogen-bond donors (Lipinski definition) is 1. The molecule has 0 spiro atoms. The Balaban J connectivity index is 1.88. The van der Waals surface area contributed by atoms with Crippen molar-refractivity contribution in [3.63, 3.8) is 0 Å². The summed E-state index contributed by atoms with van der Waals surface area (Å²) in [5.74, 6) is 2.00. The second kappa shape index (κ2) is 7.69. The van der Waals surface area contributed by atoms with Crippen molar-refractivity contribution >= 4 is 0 Å². The molecule has 0 saturated heterocycles. The van der Waals surface area contributed by atoms with Crippen LogP contribution in [-0.2, 0) is 6.18 Å². The van der Waals surface area contributed by atoms with Crippen molar-refractivity contribution in [1.29, 1.82) is 0 Å². The predicted octanol–water partition coefficient (Wildman–Crippen LogP) is 4.95. The van der Waals surface area contributed by atoms with Gasteiger partial charge in [-0.2, -0.15) is 18.3 Å². The van der Waals surface area contributed by atoms with Crippen molar-refractivity contribution < 1.29 is 22.6 Å². The lowest BCUT2D eigenvalue weighted by atomic mass is 10.1. The lowest BCUT2D eigenvalue weighted by Crippen LogP contribution is -2.04. The van der Waals surface area contributed by atoms with Gasteiger partial charge in [-0.1, -0.05) is 12.1 Å². The Hall–Kier alpha value is -3.03. The van der Waals surface area contributed by atoms with Gasteiger partial charge in [-0.25, -0.2) is 4.98 Å². The second-order valence-electron chi connectivity index (χ2n) is 5.61. The van der Waals surface area contributed by atoms with E-state index in [1.165, 1.54) is 12.1 Å². The summed E-state index contributed by atoms with van der Waals surface area (Å²) in [6.45, 7) is 4.75. The molecule has 0 amide bonds. The van der Waals surface area contributed by atoms with E-state index in [0.29, 0.717) is 47.5 Å². The highest BCUT2D eigenvalue weighted by Gasteiger charge is 2.30. The summed E-state index contributed by atoms with van der Waals surface area (Å²) in [5, 5.41) is 6.91. The van der Waals surface area contributed by atoms with Crippen LogP contribution in [0.5, 0.6) is 11.5 Å². The van der Waals surface area contributed by atoms with Gasteiger partial charge in [0, 0.05) is 11.1 Å². The van der Waals surface area contributed by atoms with Crippen LogP contribution in [0.2, 0.25) is 0 Å². The highest BCUT2D eigenvalue weighted by molar-refractivity contribution is 5.64. The molecular formula is C19H18F3N3O2. The quantitative estimate of drug-likeness (QED) is 0.660. The molecule has 8 heteroatoms. The lowest BCUT2D eigenvalue weighted by Gasteiger charge is -2.11. The summed E-state index contributed by atoms with van der Waals surface area (Å²) in [6.07, 6.45) is -4.37. The Kier molecular flexibility index (Phi) is 5.34. The Morgan fingerprint density at radius 3 is 2.15 bits per heavy atom. The van der Waals surface area contributed by atoms with Crippen LogP contribution in [0.15, 0.2) is 42.5 Å². The number of nitrogens with one attached hydrogen (secondary N) is 1. The van der Waals surface area contributed by atoms with E-state index >= 15 is 0 Å². The second-order valence-corrected chi connectivity index (χ2v) is 5.61. The van der Waals surface area contributed by atoms with E-state index in [9.17, 15) is 13.2 Å². The SMILES string of the molecule is CCOc1ccc(-c2n[nH]c(-c3ccc(C(F)(F)F)cc3)n2)cc1OCC. The van der Waals surface area contributed by atoms with Gasteiger partial charge in [0.1, 0.15) is 0 Å². The largest absolute Gasteiger partial charge is 0.490 e. The molecular weight excluding hydrogens is 359 g/mol. The number of nitrogens with zero attached hydrogens (tertiary/aromatic N) is 2. The molecule has 0 aliphatic heterocycles. The predicted molar refractivity (Wildman–Crippen MR) is 94.6 cm³/mol. The van der Waals surface area contributed by atoms with E-state index in [4.69, 9.17) is 9.47 Å². The summed E-state index contributed by atoms with van der Waals surface area (Å²) < 4.78 is 49.2. The minimum atomic E-state index is -4.37. The number of rotatable bonds is 6. The monoisotopic (exact) mass is 377 g/mol. The van der Waals surface area contributed by atoms with E-state index in [2.05, 4.69) is 15.2 Å². The molecule has 142 valence electrons. The molecule has 1 aromatic heterocycles. The molecule has 1 heterocycles. The summed E-state index contributed by atoms with van der Waals surface area (Å²) >= 11 is 0. The van der Waals surface area contributed by atoms with Crippen LogP contribution in [0.1, 0.15) is 19.4 Å². The fourth-order valence-corrected chi connectivity index (χ4v) is 2.53. The van der Waals surface area contributed by atoms with Crippen LogP contribution in [0.3, 0.4) is 0 Å².